The Bertz CT molecular complexity index is 676. The number of rotatable bonds is 6. The molecule has 0 radical (unpaired) electrons. The maximum absolute atomic E-state index is 12.0. The summed E-state index contributed by atoms with van der Waals surface area (Å²) in [4.78, 5) is 21.8. The number of ether oxygens (including phenoxy) is 2. The summed E-state index contributed by atoms with van der Waals surface area (Å²) in [6.07, 6.45) is 0.0466. The Balaban J connectivity index is 2.17. The Labute approximate surface area is 120 Å². The molecule has 0 aliphatic rings. The van der Waals surface area contributed by atoms with Crippen molar-refractivity contribution < 1.29 is 23.6 Å². The van der Waals surface area contributed by atoms with E-state index in [0.29, 0.717) is 17.1 Å². The number of nitrogens with zero attached hydrogens (tertiary/aromatic N) is 1. The average molecular weight is 291 g/mol. The van der Waals surface area contributed by atoms with Crippen LogP contribution in [0.25, 0.3) is 0 Å². The lowest BCUT2D eigenvalue weighted by molar-refractivity contribution is -0.402. The van der Waals surface area contributed by atoms with Gasteiger partial charge in [-0.05, 0) is 23.8 Å². The second kappa shape index (κ2) is 6.08. The fourth-order valence-electron chi connectivity index (χ4n) is 1.84. The number of carbonyl (C=O) groups excluding carboxylic acids is 1. The van der Waals surface area contributed by atoms with Crippen LogP contribution >= 0.6 is 0 Å². The van der Waals surface area contributed by atoms with Gasteiger partial charge in [0.25, 0.3) is 0 Å². The highest BCUT2D eigenvalue weighted by Gasteiger charge is 2.18. The van der Waals surface area contributed by atoms with E-state index in [9.17, 15) is 14.9 Å². The molecule has 21 heavy (non-hydrogen) atoms. The molecule has 0 saturated carbocycles. The lowest BCUT2D eigenvalue weighted by Gasteiger charge is -2.08. The first kappa shape index (κ1) is 14.6. The maximum Gasteiger partial charge on any atom is 0.433 e. The first-order valence-electron chi connectivity index (χ1n) is 6.03. The Kier molecular flexibility index (Phi) is 4.22. The largest absolute Gasteiger partial charge is 0.493 e. The number of Topliss-reactive ketones (excluding diaryl/α,β-unsaturated/α-hetero) is 1. The van der Waals surface area contributed by atoms with E-state index < -0.39 is 10.8 Å². The summed E-state index contributed by atoms with van der Waals surface area (Å²) in [7, 11) is 3.02. The second-order valence-electron chi connectivity index (χ2n) is 4.18. The van der Waals surface area contributed by atoms with Crippen LogP contribution < -0.4 is 9.47 Å². The molecule has 7 heteroatoms. The number of methoxy groups -OCH3 is 2. The van der Waals surface area contributed by atoms with E-state index in [1.165, 1.54) is 20.3 Å². The highest BCUT2D eigenvalue weighted by atomic mass is 16.6. The predicted octanol–water partition coefficient (Wildman–Crippen LogP) is 2.63. The Morgan fingerprint density at radius 1 is 1.19 bits per heavy atom. The standard InChI is InChI=1S/C14H13NO6/c1-19-12-4-3-9(8-13(12)20-2)7-10(16)11-5-6-14(21-11)15(17)18/h3-6,8H,7H2,1-2H3. The number of carbonyl (C=O) groups is 1. The van der Waals surface area contributed by atoms with Crippen LogP contribution in [0, 0.1) is 10.1 Å². The average Bonchev–Trinajstić information content (AvgIpc) is 2.97. The van der Waals surface area contributed by atoms with Gasteiger partial charge in [-0.25, -0.2) is 0 Å². The summed E-state index contributed by atoms with van der Waals surface area (Å²) in [6, 6.07) is 7.53. The van der Waals surface area contributed by atoms with Crippen molar-refractivity contribution in [2.24, 2.45) is 0 Å². The third kappa shape index (κ3) is 3.19. The van der Waals surface area contributed by atoms with E-state index in [1.807, 2.05) is 0 Å². The Morgan fingerprint density at radius 2 is 1.90 bits per heavy atom. The van der Waals surface area contributed by atoms with Crippen molar-refractivity contribution in [1.82, 2.24) is 0 Å². The number of nitro groups is 1. The van der Waals surface area contributed by atoms with Gasteiger partial charge in [-0.1, -0.05) is 6.07 Å². The van der Waals surface area contributed by atoms with Gasteiger partial charge in [0.2, 0.25) is 5.78 Å². The van der Waals surface area contributed by atoms with E-state index in [4.69, 9.17) is 13.9 Å². The van der Waals surface area contributed by atoms with Crippen LogP contribution in [0.5, 0.6) is 11.5 Å². The molecule has 0 N–H and O–H groups in total. The molecule has 0 amide bonds. The number of benzene rings is 1. The van der Waals surface area contributed by atoms with E-state index in [1.54, 1.807) is 18.2 Å². The van der Waals surface area contributed by atoms with E-state index in [2.05, 4.69) is 0 Å². The van der Waals surface area contributed by atoms with Crippen molar-refractivity contribution in [2.45, 2.75) is 6.42 Å². The number of furan rings is 1. The monoisotopic (exact) mass is 291 g/mol. The minimum absolute atomic E-state index is 0.0449. The molecule has 0 fully saturated rings. The zero-order valence-corrected chi connectivity index (χ0v) is 11.5. The van der Waals surface area contributed by atoms with Crippen LogP contribution in [0.4, 0.5) is 5.88 Å². The Morgan fingerprint density at radius 3 is 2.48 bits per heavy atom. The van der Waals surface area contributed by atoms with Crippen LogP contribution in [-0.2, 0) is 6.42 Å². The number of ketones is 1. The van der Waals surface area contributed by atoms with E-state index >= 15 is 0 Å². The molecule has 0 bridgehead atoms. The molecule has 0 saturated heterocycles. The van der Waals surface area contributed by atoms with Crippen molar-refractivity contribution in [2.75, 3.05) is 14.2 Å². The van der Waals surface area contributed by atoms with Crippen molar-refractivity contribution in [3.63, 3.8) is 0 Å². The molecular formula is C14H13NO6. The maximum atomic E-state index is 12.0. The molecule has 0 spiro atoms. The zero-order valence-electron chi connectivity index (χ0n) is 11.5. The van der Waals surface area contributed by atoms with Crippen molar-refractivity contribution >= 4 is 11.7 Å². The van der Waals surface area contributed by atoms with Gasteiger partial charge in [0.05, 0.1) is 20.3 Å². The van der Waals surface area contributed by atoms with Gasteiger partial charge in [0, 0.05) is 6.42 Å². The fraction of sp³-hybridized carbons (Fsp3) is 0.214. The quantitative estimate of drug-likeness (QED) is 0.461. The molecular weight excluding hydrogens is 278 g/mol. The lowest BCUT2D eigenvalue weighted by atomic mass is 10.1. The zero-order chi connectivity index (χ0) is 15.4. The van der Waals surface area contributed by atoms with Gasteiger partial charge in [-0.3, -0.25) is 14.9 Å². The van der Waals surface area contributed by atoms with Crippen LogP contribution in [0.3, 0.4) is 0 Å². The Hall–Kier alpha value is -2.83. The minimum Gasteiger partial charge on any atom is -0.493 e. The summed E-state index contributed by atoms with van der Waals surface area (Å²) in [5, 5.41) is 10.5. The highest BCUT2D eigenvalue weighted by Crippen LogP contribution is 2.28. The van der Waals surface area contributed by atoms with Crippen LogP contribution in [-0.4, -0.2) is 24.9 Å². The molecule has 0 atom stereocenters. The predicted molar refractivity (Wildman–Crippen MR) is 72.9 cm³/mol. The SMILES string of the molecule is COc1ccc(CC(=O)c2ccc([N+](=O)[O-])o2)cc1OC. The number of hydrogen-bond acceptors (Lipinski definition) is 6. The van der Waals surface area contributed by atoms with Crippen LogP contribution in [0.15, 0.2) is 34.7 Å². The van der Waals surface area contributed by atoms with Crippen LogP contribution in [0.2, 0.25) is 0 Å². The van der Waals surface area contributed by atoms with Gasteiger partial charge in [0.15, 0.2) is 17.3 Å². The van der Waals surface area contributed by atoms with E-state index in [-0.39, 0.29) is 18.0 Å². The van der Waals surface area contributed by atoms with Gasteiger partial charge < -0.3 is 13.9 Å². The molecule has 0 unspecified atom stereocenters. The van der Waals surface area contributed by atoms with Gasteiger partial charge in [-0.2, -0.15) is 0 Å². The molecule has 0 aliphatic carbocycles. The van der Waals surface area contributed by atoms with Crippen LogP contribution in [0.1, 0.15) is 16.1 Å². The first-order chi connectivity index (χ1) is 10.0. The number of hydrogen-bond donors (Lipinski definition) is 0. The molecule has 1 aromatic heterocycles. The lowest BCUT2D eigenvalue weighted by Crippen LogP contribution is -2.03. The van der Waals surface area contributed by atoms with Crippen molar-refractivity contribution in [1.29, 1.82) is 0 Å². The molecule has 2 rings (SSSR count). The summed E-state index contributed by atoms with van der Waals surface area (Å²) in [5.41, 5.74) is 0.691. The van der Waals surface area contributed by atoms with Gasteiger partial charge in [0.1, 0.15) is 4.92 Å². The molecule has 1 heterocycles. The summed E-state index contributed by atoms with van der Waals surface area (Å²) in [6.45, 7) is 0. The van der Waals surface area contributed by atoms with Gasteiger partial charge in [-0.15, -0.1) is 0 Å². The molecule has 110 valence electrons. The van der Waals surface area contributed by atoms with Crippen molar-refractivity contribution in [3.8, 4) is 11.5 Å². The first-order valence-corrected chi connectivity index (χ1v) is 6.03. The van der Waals surface area contributed by atoms with Crippen molar-refractivity contribution in [3.05, 3.63) is 51.8 Å². The second-order valence-corrected chi connectivity index (χ2v) is 4.18. The third-order valence-electron chi connectivity index (χ3n) is 2.86. The summed E-state index contributed by atoms with van der Waals surface area (Å²) in [5.74, 6) is 0.216. The summed E-state index contributed by atoms with van der Waals surface area (Å²) >= 11 is 0. The minimum atomic E-state index is -0.687. The summed E-state index contributed by atoms with van der Waals surface area (Å²) < 4.78 is 15.1. The molecule has 1 aromatic carbocycles. The normalized spacial score (nSPS) is 10.2. The smallest absolute Gasteiger partial charge is 0.433 e. The topological polar surface area (TPSA) is 91.8 Å². The highest BCUT2D eigenvalue weighted by molar-refractivity contribution is 5.95. The molecule has 0 aliphatic heterocycles. The van der Waals surface area contributed by atoms with E-state index in [0.717, 1.165) is 6.07 Å². The van der Waals surface area contributed by atoms with Gasteiger partial charge >= 0.3 is 5.88 Å². The third-order valence-corrected chi connectivity index (χ3v) is 2.86. The molecule has 2 aromatic rings. The fourth-order valence-corrected chi connectivity index (χ4v) is 1.84. The molecule has 7 nitrogen and oxygen atoms in total.